The number of fused-ring (bicyclic) bond motifs is 2. The highest BCUT2D eigenvalue weighted by Crippen LogP contribution is 2.41. The van der Waals surface area contributed by atoms with Crippen LogP contribution in [0.25, 0.3) is 0 Å². The minimum Gasteiger partial charge on any atom is -0.481 e. The Morgan fingerprint density at radius 3 is 2.92 bits per heavy atom. The number of rotatable bonds is 2. The molecule has 3 atom stereocenters. The van der Waals surface area contributed by atoms with E-state index in [0.717, 1.165) is 19.3 Å². The van der Waals surface area contributed by atoms with Crippen LogP contribution in [0, 0.1) is 18.3 Å². The summed E-state index contributed by atoms with van der Waals surface area (Å²) in [6.07, 6.45) is 8.16. The molecule has 0 aromatic heterocycles. The number of aliphatic carboxylic acids is 1. The third-order valence-electron chi connectivity index (χ3n) is 3.27. The molecule has 13 heavy (non-hydrogen) atoms. The number of terminal acetylenes is 1. The summed E-state index contributed by atoms with van der Waals surface area (Å²) in [4.78, 5) is 13.0. The molecule has 2 heterocycles. The number of nitrogens with zero attached hydrogens (tertiary/aromatic N) is 1. The largest absolute Gasteiger partial charge is 0.481 e. The van der Waals surface area contributed by atoms with E-state index < -0.39 is 5.97 Å². The Kier molecular flexibility index (Phi) is 2.01. The highest BCUT2D eigenvalue weighted by atomic mass is 16.4. The number of carbonyl (C=O) groups is 1. The Labute approximate surface area is 77.7 Å². The molecule has 0 saturated carbocycles. The third-order valence-corrected chi connectivity index (χ3v) is 3.27. The van der Waals surface area contributed by atoms with Gasteiger partial charge in [-0.1, -0.05) is 5.92 Å². The third kappa shape index (κ3) is 1.22. The standard InChI is InChI=1S/C10H13NO2/c1-2-5-11-7-3-4-9(11)8(6-7)10(12)13/h1,7-9H,3-6H2,(H,12,13). The lowest BCUT2D eigenvalue weighted by Gasteiger charge is -2.19. The van der Waals surface area contributed by atoms with Crippen molar-refractivity contribution in [2.75, 3.05) is 6.54 Å². The maximum absolute atomic E-state index is 10.9. The van der Waals surface area contributed by atoms with Crippen molar-refractivity contribution in [3.8, 4) is 12.3 Å². The first-order chi connectivity index (χ1) is 6.24. The molecule has 2 aliphatic heterocycles. The van der Waals surface area contributed by atoms with Crippen LogP contribution in [-0.4, -0.2) is 34.6 Å². The monoisotopic (exact) mass is 179 g/mol. The quantitative estimate of drug-likeness (QED) is 0.629. The summed E-state index contributed by atoms with van der Waals surface area (Å²) in [5, 5.41) is 8.94. The van der Waals surface area contributed by atoms with Gasteiger partial charge in [-0.15, -0.1) is 6.42 Å². The average molecular weight is 179 g/mol. The first-order valence-corrected chi connectivity index (χ1v) is 4.66. The minimum absolute atomic E-state index is 0.174. The Bertz CT molecular complexity index is 269. The Morgan fingerprint density at radius 2 is 2.38 bits per heavy atom. The van der Waals surface area contributed by atoms with Crippen LogP contribution in [0.4, 0.5) is 0 Å². The predicted octanol–water partition coefficient (Wildman–Crippen LogP) is 0.557. The smallest absolute Gasteiger partial charge is 0.308 e. The molecule has 2 aliphatic rings. The highest BCUT2D eigenvalue weighted by molar-refractivity contribution is 5.71. The number of carboxylic acid groups (broad SMARTS) is 1. The van der Waals surface area contributed by atoms with Crippen molar-refractivity contribution < 1.29 is 9.90 Å². The van der Waals surface area contributed by atoms with Gasteiger partial charge in [-0.25, -0.2) is 0 Å². The summed E-state index contributed by atoms with van der Waals surface area (Å²) >= 11 is 0. The molecule has 3 unspecified atom stereocenters. The van der Waals surface area contributed by atoms with Crippen molar-refractivity contribution in [3.63, 3.8) is 0 Å². The molecule has 70 valence electrons. The predicted molar refractivity (Wildman–Crippen MR) is 48.1 cm³/mol. The zero-order valence-corrected chi connectivity index (χ0v) is 7.44. The van der Waals surface area contributed by atoms with E-state index in [1.165, 1.54) is 0 Å². The number of hydrogen-bond donors (Lipinski definition) is 1. The Balaban J connectivity index is 2.11. The van der Waals surface area contributed by atoms with Crippen molar-refractivity contribution in [2.45, 2.75) is 31.3 Å². The van der Waals surface area contributed by atoms with Crippen LogP contribution < -0.4 is 0 Å². The zero-order chi connectivity index (χ0) is 9.42. The van der Waals surface area contributed by atoms with E-state index in [4.69, 9.17) is 11.5 Å². The van der Waals surface area contributed by atoms with Crippen LogP contribution in [0.3, 0.4) is 0 Å². The van der Waals surface area contributed by atoms with E-state index in [2.05, 4.69) is 10.8 Å². The molecule has 0 aromatic rings. The minimum atomic E-state index is -0.658. The molecule has 3 heteroatoms. The second kappa shape index (κ2) is 3.04. The maximum Gasteiger partial charge on any atom is 0.308 e. The number of carboxylic acids is 1. The summed E-state index contributed by atoms with van der Waals surface area (Å²) in [6.45, 7) is 0.610. The molecule has 0 radical (unpaired) electrons. The molecule has 2 fully saturated rings. The lowest BCUT2D eigenvalue weighted by Crippen LogP contribution is -2.33. The van der Waals surface area contributed by atoms with Gasteiger partial charge in [0.2, 0.25) is 0 Å². The summed E-state index contributed by atoms with van der Waals surface area (Å²) in [5.74, 6) is 1.77. The van der Waals surface area contributed by atoms with Crippen LogP contribution in [0.5, 0.6) is 0 Å². The zero-order valence-electron chi connectivity index (χ0n) is 7.44. The van der Waals surface area contributed by atoms with Crippen LogP contribution in [0.15, 0.2) is 0 Å². The lowest BCUT2D eigenvalue weighted by molar-refractivity contribution is -0.142. The Morgan fingerprint density at radius 1 is 1.62 bits per heavy atom. The van der Waals surface area contributed by atoms with Gasteiger partial charge in [-0.2, -0.15) is 0 Å². The topological polar surface area (TPSA) is 40.5 Å². The summed E-state index contributed by atoms with van der Waals surface area (Å²) in [6, 6.07) is 0.640. The van der Waals surface area contributed by atoms with Gasteiger partial charge in [-0.3, -0.25) is 9.69 Å². The van der Waals surface area contributed by atoms with Gasteiger partial charge >= 0.3 is 5.97 Å². The lowest BCUT2D eigenvalue weighted by atomic mass is 9.89. The van der Waals surface area contributed by atoms with E-state index >= 15 is 0 Å². The van der Waals surface area contributed by atoms with Crippen LogP contribution in [-0.2, 0) is 4.79 Å². The first-order valence-electron chi connectivity index (χ1n) is 4.66. The normalized spacial score (nSPS) is 37.6. The van der Waals surface area contributed by atoms with Crippen LogP contribution in [0.2, 0.25) is 0 Å². The van der Waals surface area contributed by atoms with E-state index in [1.54, 1.807) is 0 Å². The van der Waals surface area contributed by atoms with Gasteiger partial charge < -0.3 is 5.11 Å². The fraction of sp³-hybridized carbons (Fsp3) is 0.700. The number of hydrogen-bond acceptors (Lipinski definition) is 2. The second-order valence-corrected chi connectivity index (χ2v) is 3.86. The fourth-order valence-electron chi connectivity index (χ4n) is 2.72. The molecular formula is C10H13NO2. The van der Waals surface area contributed by atoms with Crippen LogP contribution >= 0.6 is 0 Å². The fourth-order valence-corrected chi connectivity index (χ4v) is 2.72. The van der Waals surface area contributed by atoms with Crippen molar-refractivity contribution in [1.29, 1.82) is 0 Å². The van der Waals surface area contributed by atoms with E-state index in [-0.39, 0.29) is 12.0 Å². The van der Waals surface area contributed by atoms with Gasteiger partial charge in [0, 0.05) is 12.1 Å². The SMILES string of the molecule is C#CCN1C2CCC1C(C(=O)O)C2. The van der Waals surface area contributed by atoms with Gasteiger partial charge in [0.15, 0.2) is 0 Å². The highest BCUT2D eigenvalue weighted by Gasteiger charge is 2.48. The van der Waals surface area contributed by atoms with Crippen molar-refractivity contribution >= 4 is 5.97 Å². The maximum atomic E-state index is 10.9. The molecule has 2 bridgehead atoms. The summed E-state index contributed by atoms with van der Waals surface area (Å²) in [7, 11) is 0. The second-order valence-electron chi connectivity index (χ2n) is 3.86. The Hall–Kier alpha value is -1.01. The van der Waals surface area contributed by atoms with Crippen molar-refractivity contribution in [2.24, 2.45) is 5.92 Å². The molecule has 1 N–H and O–H groups in total. The molecule has 2 rings (SSSR count). The molecule has 3 nitrogen and oxygen atoms in total. The van der Waals surface area contributed by atoms with Gasteiger partial charge in [0.25, 0.3) is 0 Å². The van der Waals surface area contributed by atoms with E-state index in [1.807, 2.05) is 0 Å². The summed E-state index contributed by atoms with van der Waals surface area (Å²) < 4.78 is 0. The molecular weight excluding hydrogens is 166 g/mol. The molecule has 0 amide bonds. The molecule has 0 aromatic carbocycles. The van der Waals surface area contributed by atoms with Gasteiger partial charge in [-0.05, 0) is 19.3 Å². The van der Waals surface area contributed by atoms with E-state index in [0.29, 0.717) is 12.6 Å². The van der Waals surface area contributed by atoms with Crippen molar-refractivity contribution in [1.82, 2.24) is 4.90 Å². The van der Waals surface area contributed by atoms with Gasteiger partial charge in [0.1, 0.15) is 0 Å². The molecule has 0 aliphatic carbocycles. The summed E-state index contributed by atoms with van der Waals surface area (Å²) in [5.41, 5.74) is 0. The van der Waals surface area contributed by atoms with Crippen LogP contribution in [0.1, 0.15) is 19.3 Å². The van der Waals surface area contributed by atoms with Gasteiger partial charge in [0.05, 0.1) is 12.5 Å². The first kappa shape index (κ1) is 8.58. The average Bonchev–Trinajstić information content (AvgIpc) is 2.63. The van der Waals surface area contributed by atoms with E-state index in [9.17, 15) is 4.79 Å². The molecule has 0 spiro atoms. The van der Waals surface area contributed by atoms with Crippen molar-refractivity contribution in [3.05, 3.63) is 0 Å². The molecule has 2 saturated heterocycles.